The second-order valence-electron chi connectivity index (χ2n) is 7.01. The maximum absolute atomic E-state index is 12.4. The molecule has 6 heteroatoms. The van der Waals surface area contributed by atoms with Crippen LogP contribution in [0.4, 0.5) is 0 Å². The minimum Gasteiger partial charge on any atom is -0.349 e. The molecule has 1 aliphatic rings. The highest BCUT2D eigenvalue weighted by Gasteiger charge is 2.64. The summed E-state index contributed by atoms with van der Waals surface area (Å²) in [6.07, 6.45) is 1.66. The van der Waals surface area contributed by atoms with Crippen molar-refractivity contribution in [2.24, 2.45) is 22.5 Å². The van der Waals surface area contributed by atoms with E-state index >= 15 is 0 Å². The molecule has 0 amide bonds. The Bertz CT molecular complexity index is 594. The summed E-state index contributed by atoms with van der Waals surface area (Å²) in [5.41, 5.74) is 6.84. The number of hydrogen-bond donors (Lipinski definition) is 2. The number of aromatic nitrogens is 1. The number of sulfonamides is 1. The van der Waals surface area contributed by atoms with Gasteiger partial charge in [0.25, 0.3) is 0 Å². The Morgan fingerprint density at radius 2 is 1.86 bits per heavy atom. The molecule has 2 rings (SSSR count). The highest BCUT2D eigenvalue weighted by Crippen LogP contribution is 2.67. The average Bonchev–Trinajstić information content (AvgIpc) is 2.73. The first kappa shape index (κ1) is 16.5. The predicted octanol–water partition coefficient (Wildman–Crippen LogP) is 1.93. The third-order valence-corrected chi connectivity index (χ3v) is 7.01. The summed E-state index contributed by atoms with van der Waals surface area (Å²) < 4.78 is 29.5. The summed E-state index contributed by atoms with van der Waals surface area (Å²) >= 11 is 0. The molecule has 1 aromatic heterocycles. The summed E-state index contributed by atoms with van der Waals surface area (Å²) in [7, 11) is -3.46. The lowest BCUT2D eigenvalue weighted by Gasteiger charge is -2.06. The molecule has 3 N–H and O–H groups in total. The first-order chi connectivity index (χ1) is 9.57. The Morgan fingerprint density at radius 1 is 1.29 bits per heavy atom. The van der Waals surface area contributed by atoms with Crippen LogP contribution in [-0.2, 0) is 23.1 Å². The number of nitrogens with one attached hydrogen (secondary N) is 1. The quantitative estimate of drug-likeness (QED) is 0.842. The molecule has 1 saturated carbocycles. The monoisotopic (exact) mass is 313 g/mol. The summed E-state index contributed by atoms with van der Waals surface area (Å²) in [6, 6.07) is 1.66. The van der Waals surface area contributed by atoms with Gasteiger partial charge in [0.1, 0.15) is 0 Å². The second kappa shape index (κ2) is 5.11. The summed E-state index contributed by atoms with van der Waals surface area (Å²) in [6.45, 7) is 12.3. The van der Waals surface area contributed by atoms with Gasteiger partial charge in [0.15, 0.2) is 0 Å². The van der Waals surface area contributed by atoms with Crippen molar-refractivity contribution in [1.82, 2.24) is 9.29 Å². The molecular formula is C15H27N3O2S. The van der Waals surface area contributed by atoms with Crippen molar-refractivity contribution in [3.63, 3.8) is 0 Å². The fraction of sp³-hybridized carbons (Fsp3) is 0.733. The molecule has 120 valence electrons. The molecule has 0 aliphatic heterocycles. The molecule has 0 radical (unpaired) electrons. The van der Waals surface area contributed by atoms with E-state index in [4.69, 9.17) is 5.73 Å². The Labute approximate surface area is 128 Å². The van der Waals surface area contributed by atoms with Crippen molar-refractivity contribution in [3.05, 3.63) is 18.0 Å². The number of rotatable bonds is 6. The van der Waals surface area contributed by atoms with Crippen LogP contribution in [-0.4, -0.2) is 19.5 Å². The van der Waals surface area contributed by atoms with Crippen LogP contribution in [0.1, 0.15) is 40.3 Å². The van der Waals surface area contributed by atoms with E-state index < -0.39 is 10.0 Å². The van der Waals surface area contributed by atoms with Crippen LogP contribution in [0.3, 0.4) is 0 Å². The number of nitrogens with two attached hydrogens (primary N) is 1. The maximum atomic E-state index is 12.4. The molecule has 1 aromatic rings. The molecule has 0 bridgehead atoms. The van der Waals surface area contributed by atoms with Crippen LogP contribution in [0.25, 0.3) is 0 Å². The molecular weight excluding hydrogens is 286 g/mol. The van der Waals surface area contributed by atoms with Crippen molar-refractivity contribution >= 4 is 10.0 Å². The minimum atomic E-state index is -3.46. The lowest BCUT2D eigenvalue weighted by atomic mass is 10.0. The molecule has 0 saturated heterocycles. The Hall–Kier alpha value is -0.850. The highest BCUT2D eigenvalue weighted by molar-refractivity contribution is 7.89. The molecule has 1 heterocycles. The molecule has 1 aliphatic carbocycles. The van der Waals surface area contributed by atoms with Crippen molar-refractivity contribution in [3.8, 4) is 0 Å². The normalized spacial score (nSPS) is 20.7. The van der Waals surface area contributed by atoms with Crippen LogP contribution < -0.4 is 10.5 Å². The van der Waals surface area contributed by atoms with Gasteiger partial charge in [-0.25, -0.2) is 13.1 Å². The van der Waals surface area contributed by atoms with Crippen molar-refractivity contribution in [2.75, 3.05) is 6.54 Å². The molecule has 5 nitrogen and oxygen atoms in total. The van der Waals surface area contributed by atoms with Crippen LogP contribution in [0.15, 0.2) is 17.2 Å². The zero-order valence-electron chi connectivity index (χ0n) is 13.6. The van der Waals surface area contributed by atoms with E-state index in [1.807, 2.05) is 11.5 Å². The van der Waals surface area contributed by atoms with Gasteiger partial charge >= 0.3 is 0 Å². The highest BCUT2D eigenvalue weighted by atomic mass is 32.2. The van der Waals surface area contributed by atoms with Gasteiger partial charge in [0, 0.05) is 31.5 Å². The molecule has 21 heavy (non-hydrogen) atoms. The maximum Gasteiger partial charge on any atom is 0.242 e. The first-order valence-electron chi connectivity index (χ1n) is 7.46. The Balaban J connectivity index is 2.11. The predicted molar refractivity (Wildman–Crippen MR) is 84.2 cm³/mol. The first-order valence-corrected chi connectivity index (χ1v) is 8.95. The van der Waals surface area contributed by atoms with E-state index in [-0.39, 0.29) is 10.8 Å². The molecule has 0 aromatic carbocycles. The molecule has 0 spiro atoms. The van der Waals surface area contributed by atoms with Gasteiger partial charge in [-0.2, -0.15) is 0 Å². The Kier molecular flexibility index (Phi) is 4.02. The van der Waals surface area contributed by atoms with Gasteiger partial charge in [-0.1, -0.05) is 27.7 Å². The van der Waals surface area contributed by atoms with E-state index in [0.717, 1.165) is 5.69 Å². The van der Waals surface area contributed by atoms with E-state index in [1.165, 1.54) is 0 Å². The van der Waals surface area contributed by atoms with Crippen molar-refractivity contribution in [1.29, 1.82) is 0 Å². The van der Waals surface area contributed by atoms with E-state index in [9.17, 15) is 8.42 Å². The zero-order chi connectivity index (χ0) is 16.1. The molecule has 0 unspecified atom stereocenters. The lowest BCUT2D eigenvalue weighted by Crippen LogP contribution is -2.27. The number of hydrogen-bond acceptors (Lipinski definition) is 3. The van der Waals surface area contributed by atoms with Crippen molar-refractivity contribution < 1.29 is 8.42 Å². The summed E-state index contributed by atoms with van der Waals surface area (Å²) in [4.78, 5) is 0.307. The fourth-order valence-corrected chi connectivity index (χ4v) is 4.37. The summed E-state index contributed by atoms with van der Waals surface area (Å²) in [5, 5.41) is 0. The van der Waals surface area contributed by atoms with Crippen LogP contribution >= 0.6 is 0 Å². The smallest absolute Gasteiger partial charge is 0.242 e. The second-order valence-corrected chi connectivity index (χ2v) is 8.77. The molecule has 0 atom stereocenters. The number of nitrogens with zero attached hydrogens (tertiary/aromatic N) is 1. The van der Waals surface area contributed by atoms with Crippen LogP contribution in [0.2, 0.25) is 0 Å². The van der Waals surface area contributed by atoms with Gasteiger partial charge in [0.2, 0.25) is 10.0 Å². The average molecular weight is 313 g/mol. The van der Waals surface area contributed by atoms with Gasteiger partial charge in [-0.15, -0.1) is 0 Å². The molecule has 1 fully saturated rings. The van der Waals surface area contributed by atoms with Crippen molar-refractivity contribution in [2.45, 2.75) is 52.6 Å². The zero-order valence-corrected chi connectivity index (χ0v) is 14.4. The standard InChI is InChI=1S/C15H27N3O2S/c1-6-18-10-12(7-11(18)8-16)21(19,20)17-9-13-14(2,3)15(13,4)5/h7,10,13,17H,6,8-9,16H2,1-5H3. The summed E-state index contributed by atoms with van der Waals surface area (Å²) in [5.74, 6) is 0.363. The lowest BCUT2D eigenvalue weighted by molar-refractivity contribution is 0.457. The SMILES string of the molecule is CCn1cc(S(=O)(=O)NCC2C(C)(C)C2(C)C)cc1CN. The third kappa shape index (κ3) is 2.64. The van der Waals surface area contributed by atoms with E-state index in [1.54, 1.807) is 12.3 Å². The topological polar surface area (TPSA) is 77.1 Å². The van der Waals surface area contributed by atoms with Gasteiger partial charge < -0.3 is 10.3 Å². The van der Waals surface area contributed by atoms with Gasteiger partial charge in [-0.3, -0.25) is 0 Å². The van der Waals surface area contributed by atoms with Crippen LogP contribution in [0, 0.1) is 16.7 Å². The van der Waals surface area contributed by atoms with Gasteiger partial charge in [0.05, 0.1) is 4.90 Å². The van der Waals surface area contributed by atoms with Crippen LogP contribution in [0.5, 0.6) is 0 Å². The van der Waals surface area contributed by atoms with Gasteiger partial charge in [-0.05, 0) is 29.7 Å². The van der Waals surface area contributed by atoms with E-state index in [2.05, 4.69) is 32.4 Å². The third-order valence-electron chi connectivity index (χ3n) is 5.62. The van der Waals surface area contributed by atoms with E-state index in [0.29, 0.717) is 30.4 Å². The minimum absolute atomic E-state index is 0.174. The fourth-order valence-electron chi connectivity index (χ4n) is 3.26. The number of aryl methyl sites for hydroxylation is 1. The largest absolute Gasteiger partial charge is 0.349 e. The Morgan fingerprint density at radius 3 is 2.24 bits per heavy atom.